The molecule has 0 radical (unpaired) electrons. The Morgan fingerprint density at radius 3 is 2.24 bits per heavy atom. The zero-order valence-electron chi connectivity index (χ0n) is 17.8. The van der Waals surface area contributed by atoms with E-state index in [4.69, 9.17) is 0 Å². The third kappa shape index (κ3) is 4.60. The topological polar surface area (TPSA) is 63.2 Å². The number of aromatic nitrogens is 2. The Hall–Kier alpha value is -2.44. The first-order chi connectivity index (χ1) is 13.4. The highest BCUT2D eigenvalue weighted by molar-refractivity contribution is 7.86. The van der Waals surface area contributed by atoms with Gasteiger partial charge < -0.3 is 9.13 Å². The summed E-state index contributed by atoms with van der Waals surface area (Å²) in [5.41, 5.74) is 5.84. The molecule has 29 heavy (non-hydrogen) atoms. The number of benzene rings is 2. The smallest absolute Gasteiger partial charge is 0.289 e. The zero-order valence-corrected chi connectivity index (χ0v) is 18.6. The van der Waals surface area contributed by atoms with Gasteiger partial charge >= 0.3 is 0 Å². The molecule has 0 bridgehead atoms. The van der Waals surface area contributed by atoms with Crippen LogP contribution in [0.25, 0.3) is 5.69 Å². The van der Waals surface area contributed by atoms with Crippen molar-refractivity contribution in [3.63, 3.8) is 0 Å². The fourth-order valence-electron chi connectivity index (χ4n) is 3.59. The Bertz CT molecular complexity index is 1150. The molecule has 0 amide bonds. The van der Waals surface area contributed by atoms with Gasteiger partial charge in [-0.05, 0) is 54.5 Å². The molecule has 1 aromatic heterocycles. The molecule has 1 heterocycles. The van der Waals surface area contributed by atoms with Crippen molar-refractivity contribution >= 4 is 10.1 Å². The van der Waals surface area contributed by atoms with E-state index in [1.54, 1.807) is 16.8 Å². The average Bonchev–Trinajstić information content (AvgIpc) is 3.04. The SMILES string of the molecule is Cc1cc(C)c(C[n+]2[c-]n(-c3ccc(C(C)(C)C)cc3S(=O)(=O)O)cc2)c(C)c1. The minimum absolute atomic E-state index is 0.119. The average molecular weight is 413 g/mol. The first-order valence-corrected chi connectivity index (χ1v) is 11.0. The third-order valence-electron chi connectivity index (χ3n) is 5.16. The maximum Gasteiger partial charge on any atom is 0.289 e. The van der Waals surface area contributed by atoms with Crippen molar-refractivity contribution in [1.82, 2.24) is 4.57 Å². The second-order valence-corrected chi connectivity index (χ2v) is 10.1. The molecule has 1 N–H and O–H groups in total. The van der Waals surface area contributed by atoms with Crippen LogP contribution in [0.4, 0.5) is 0 Å². The predicted molar refractivity (Wildman–Crippen MR) is 113 cm³/mol. The van der Waals surface area contributed by atoms with Crippen LogP contribution in [0.15, 0.2) is 47.6 Å². The van der Waals surface area contributed by atoms with Gasteiger partial charge in [-0.25, -0.2) is 0 Å². The van der Waals surface area contributed by atoms with E-state index in [9.17, 15) is 13.0 Å². The molecular weight excluding hydrogens is 384 g/mol. The maximum absolute atomic E-state index is 12.0. The lowest BCUT2D eigenvalue weighted by atomic mass is 9.87. The normalized spacial score (nSPS) is 12.4. The zero-order chi connectivity index (χ0) is 21.6. The Kier molecular flexibility index (Phi) is 5.45. The van der Waals surface area contributed by atoms with Gasteiger partial charge in [0.05, 0.1) is 17.1 Å². The summed E-state index contributed by atoms with van der Waals surface area (Å²) >= 11 is 0. The number of rotatable bonds is 4. The fourth-order valence-corrected chi connectivity index (χ4v) is 4.30. The van der Waals surface area contributed by atoms with E-state index >= 15 is 0 Å². The van der Waals surface area contributed by atoms with E-state index in [0.717, 1.165) is 5.56 Å². The predicted octanol–water partition coefficient (Wildman–Crippen LogP) is 4.08. The molecule has 0 saturated carbocycles. The molecule has 0 fully saturated rings. The van der Waals surface area contributed by atoms with Crippen molar-refractivity contribution in [3.05, 3.63) is 76.9 Å². The molecule has 5 nitrogen and oxygen atoms in total. The van der Waals surface area contributed by atoms with E-state index in [2.05, 4.69) is 39.2 Å². The van der Waals surface area contributed by atoms with Crippen LogP contribution in [-0.4, -0.2) is 17.5 Å². The molecule has 0 aliphatic heterocycles. The van der Waals surface area contributed by atoms with Gasteiger partial charge in [0.25, 0.3) is 10.1 Å². The van der Waals surface area contributed by atoms with Gasteiger partial charge in [0.2, 0.25) is 6.33 Å². The van der Waals surface area contributed by atoms with E-state index < -0.39 is 10.1 Å². The molecule has 3 aromatic rings. The molecule has 6 heteroatoms. The second kappa shape index (κ2) is 7.43. The Morgan fingerprint density at radius 2 is 1.69 bits per heavy atom. The van der Waals surface area contributed by atoms with Gasteiger partial charge in [-0.15, -0.1) is 0 Å². The highest BCUT2D eigenvalue weighted by atomic mass is 32.2. The lowest BCUT2D eigenvalue weighted by molar-refractivity contribution is -0.691. The fraction of sp³-hybridized carbons (Fsp3) is 0.348. The van der Waals surface area contributed by atoms with Gasteiger partial charge in [0.1, 0.15) is 0 Å². The molecule has 0 atom stereocenters. The van der Waals surface area contributed by atoms with Crippen molar-refractivity contribution < 1.29 is 17.5 Å². The Labute approximate surface area is 173 Å². The molecule has 2 aromatic carbocycles. The number of nitrogens with zero attached hydrogens (tertiary/aromatic N) is 2. The number of hydrogen-bond donors (Lipinski definition) is 1. The van der Waals surface area contributed by atoms with E-state index in [0.29, 0.717) is 12.2 Å². The first kappa shape index (κ1) is 21.3. The molecule has 3 rings (SSSR count). The number of imidazole rings is 1. The Morgan fingerprint density at radius 1 is 1.07 bits per heavy atom. The summed E-state index contributed by atoms with van der Waals surface area (Å²) < 4.78 is 37.4. The maximum atomic E-state index is 12.0. The van der Waals surface area contributed by atoms with E-state index in [1.807, 2.05) is 37.6 Å². The summed E-state index contributed by atoms with van der Waals surface area (Å²) in [6.45, 7) is 12.9. The number of aryl methyl sites for hydroxylation is 3. The van der Waals surface area contributed by atoms with Crippen molar-refractivity contribution in [2.24, 2.45) is 0 Å². The van der Waals surface area contributed by atoms with Crippen molar-refractivity contribution in [1.29, 1.82) is 0 Å². The third-order valence-corrected chi connectivity index (χ3v) is 6.05. The van der Waals surface area contributed by atoms with Gasteiger partial charge in [-0.2, -0.15) is 8.42 Å². The van der Waals surface area contributed by atoms with Crippen LogP contribution in [0.3, 0.4) is 0 Å². The van der Waals surface area contributed by atoms with Gasteiger partial charge in [0.15, 0.2) is 0 Å². The van der Waals surface area contributed by atoms with Crippen molar-refractivity contribution in [3.8, 4) is 5.69 Å². The van der Waals surface area contributed by atoms with Crippen LogP contribution in [-0.2, 0) is 22.1 Å². The minimum Gasteiger partial charge on any atom is -0.325 e. The van der Waals surface area contributed by atoms with Crippen molar-refractivity contribution in [2.75, 3.05) is 0 Å². The molecule has 0 unspecified atom stereocenters. The molecule has 0 spiro atoms. The van der Waals surface area contributed by atoms with Crippen LogP contribution < -0.4 is 4.57 Å². The standard InChI is InChI=1S/C23H28N2O3S/c1-16-11-17(2)20(18(3)12-16)14-24-9-10-25(15-24)21-8-7-19(23(4,5)6)13-22(21)29(26,27)28/h7-13H,14H2,1-6H3,(H,26,27,28). The Balaban J connectivity index is 2.03. The summed E-state index contributed by atoms with van der Waals surface area (Å²) in [4.78, 5) is -0.119. The summed E-state index contributed by atoms with van der Waals surface area (Å²) in [7, 11) is -4.38. The lowest BCUT2D eigenvalue weighted by Crippen LogP contribution is -2.33. The lowest BCUT2D eigenvalue weighted by Gasteiger charge is -2.21. The highest BCUT2D eigenvalue weighted by Gasteiger charge is 2.21. The quantitative estimate of drug-likeness (QED) is 0.399. The molecule has 0 saturated heterocycles. The molecular formula is C23H28N2O3S. The molecule has 0 aliphatic carbocycles. The summed E-state index contributed by atoms with van der Waals surface area (Å²) in [5.74, 6) is 0. The van der Waals surface area contributed by atoms with Crippen LogP contribution >= 0.6 is 0 Å². The van der Waals surface area contributed by atoms with Crippen molar-refractivity contribution in [2.45, 2.75) is 58.4 Å². The molecule has 154 valence electrons. The summed E-state index contributed by atoms with van der Waals surface area (Å²) in [6.07, 6.45) is 6.78. The summed E-state index contributed by atoms with van der Waals surface area (Å²) in [5, 5.41) is 0. The van der Waals surface area contributed by atoms with Gasteiger partial charge in [-0.3, -0.25) is 4.55 Å². The van der Waals surface area contributed by atoms with Crippen LogP contribution in [0.1, 0.15) is 48.6 Å². The van der Waals surface area contributed by atoms with E-state index in [-0.39, 0.29) is 10.3 Å². The minimum atomic E-state index is -4.38. The molecule has 0 aliphatic rings. The monoisotopic (exact) mass is 412 g/mol. The van der Waals surface area contributed by atoms with Crippen LogP contribution in [0.2, 0.25) is 0 Å². The highest BCUT2D eigenvalue weighted by Crippen LogP contribution is 2.28. The van der Waals surface area contributed by atoms with Crippen LogP contribution in [0.5, 0.6) is 0 Å². The largest absolute Gasteiger partial charge is 0.325 e. The van der Waals surface area contributed by atoms with Crippen LogP contribution in [0, 0.1) is 27.1 Å². The number of hydrogen-bond acceptors (Lipinski definition) is 2. The van der Waals surface area contributed by atoms with E-state index in [1.165, 1.54) is 28.3 Å². The van der Waals surface area contributed by atoms with Gasteiger partial charge in [-0.1, -0.05) is 50.6 Å². The second-order valence-electron chi connectivity index (χ2n) is 8.68. The van der Waals surface area contributed by atoms with Gasteiger partial charge in [0, 0.05) is 12.4 Å². The summed E-state index contributed by atoms with van der Waals surface area (Å²) in [6, 6.07) is 9.45. The first-order valence-electron chi connectivity index (χ1n) is 9.55.